The van der Waals surface area contributed by atoms with E-state index in [9.17, 15) is 22.4 Å². The highest BCUT2D eigenvalue weighted by molar-refractivity contribution is 7.91. The first kappa shape index (κ1) is 31.8. The number of thiazole rings is 1. The fourth-order valence-electron chi connectivity index (χ4n) is 4.43. The highest BCUT2D eigenvalue weighted by Gasteiger charge is 2.16. The number of ether oxygens (including phenoxy) is 1. The number of aromatic nitrogens is 1. The summed E-state index contributed by atoms with van der Waals surface area (Å²) in [5, 5.41) is 12.9. The Balaban J connectivity index is 1.26. The van der Waals surface area contributed by atoms with Crippen LogP contribution in [-0.4, -0.2) is 42.7 Å². The molecule has 0 bridgehead atoms. The Morgan fingerprint density at radius 3 is 2.47 bits per heavy atom. The second-order valence-corrected chi connectivity index (χ2v) is 13.5. The second-order valence-electron chi connectivity index (χ2n) is 9.94. The van der Waals surface area contributed by atoms with Gasteiger partial charge in [0, 0.05) is 10.6 Å². The molecule has 4 aromatic carbocycles. The third-order valence-corrected chi connectivity index (χ3v) is 9.73. The molecule has 1 heterocycles. The number of hydrogen-bond acceptors (Lipinski definition) is 7. The minimum absolute atomic E-state index is 0.0930. The molecule has 0 saturated carbocycles. The Labute approximate surface area is 267 Å². The van der Waals surface area contributed by atoms with Crippen LogP contribution in [0.15, 0.2) is 89.8 Å². The van der Waals surface area contributed by atoms with E-state index in [2.05, 4.69) is 10.3 Å². The van der Waals surface area contributed by atoms with Gasteiger partial charge in [-0.15, -0.1) is 11.3 Å². The van der Waals surface area contributed by atoms with Crippen LogP contribution in [0, 0.1) is 5.82 Å². The number of benzene rings is 4. The fraction of sp³-hybridized carbons (Fsp3) is 0.121. The number of rotatable bonds is 12. The van der Waals surface area contributed by atoms with Gasteiger partial charge in [-0.3, -0.25) is 4.79 Å². The van der Waals surface area contributed by atoms with Crippen molar-refractivity contribution in [3.8, 4) is 5.75 Å². The van der Waals surface area contributed by atoms with E-state index < -0.39 is 28.3 Å². The van der Waals surface area contributed by atoms with Crippen LogP contribution in [0.25, 0.3) is 22.4 Å². The molecule has 0 unspecified atom stereocenters. The number of halogens is 2. The molecule has 0 aliphatic rings. The standard InChI is InChI=1S/C33H26ClFN2O6S2/c34-24-12-14-25(15-13-24)45(41,42)18-2-3-22-8-16-28(43-20-31(38)39)27(19-22)36-33(40)23-10-6-21(7-11-23)9-17-30-37-32-26(35)4-1-5-29(32)44-30/h1,4-17,19H,2-3,18,20H2,(H,36,40)(H,38,39)/b17-9+. The number of carbonyl (C=O) groups is 2. The smallest absolute Gasteiger partial charge is 0.341 e. The molecule has 0 saturated heterocycles. The van der Waals surface area contributed by atoms with Crippen LogP contribution < -0.4 is 10.1 Å². The average molecular weight is 665 g/mol. The van der Waals surface area contributed by atoms with E-state index in [1.807, 2.05) is 12.1 Å². The number of anilines is 1. The van der Waals surface area contributed by atoms with E-state index in [1.54, 1.807) is 54.6 Å². The van der Waals surface area contributed by atoms with Crippen LogP contribution >= 0.6 is 22.9 Å². The van der Waals surface area contributed by atoms with Gasteiger partial charge < -0.3 is 15.2 Å². The maximum atomic E-state index is 14.0. The predicted octanol–water partition coefficient (Wildman–Crippen LogP) is 7.38. The molecule has 45 heavy (non-hydrogen) atoms. The lowest BCUT2D eigenvalue weighted by Gasteiger charge is -2.14. The number of hydrogen-bond donors (Lipinski definition) is 2. The lowest BCUT2D eigenvalue weighted by atomic mass is 10.1. The average Bonchev–Trinajstić information content (AvgIpc) is 3.44. The van der Waals surface area contributed by atoms with Crippen molar-refractivity contribution in [1.29, 1.82) is 0 Å². The van der Waals surface area contributed by atoms with Crippen LogP contribution in [0.4, 0.5) is 10.1 Å². The maximum Gasteiger partial charge on any atom is 0.341 e. The van der Waals surface area contributed by atoms with Crippen molar-refractivity contribution in [3.63, 3.8) is 0 Å². The highest BCUT2D eigenvalue weighted by atomic mass is 35.5. The summed E-state index contributed by atoms with van der Waals surface area (Å²) < 4.78 is 45.5. The number of nitrogens with one attached hydrogen (secondary N) is 1. The number of para-hydroxylation sites is 1. The number of amides is 1. The predicted molar refractivity (Wildman–Crippen MR) is 174 cm³/mol. The number of nitrogens with zero attached hydrogens (tertiary/aromatic N) is 1. The first-order valence-corrected chi connectivity index (χ1v) is 16.5. The zero-order valence-corrected chi connectivity index (χ0v) is 26.0. The molecule has 0 spiro atoms. The third kappa shape index (κ3) is 8.33. The van der Waals surface area contributed by atoms with Crippen LogP contribution in [0.5, 0.6) is 5.75 Å². The first-order chi connectivity index (χ1) is 21.6. The number of carboxylic acid groups (broad SMARTS) is 1. The van der Waals surface area contributed by atoms with Gasteiger partial charge in [-0.2, -0.15) is 0 Å². The van der Waals surface area contributed by atoms with Crippen molar-refractivity contribution in [1.82, 2.24) is 4.98 Å². The topological polar surface area (TPSA) is 123 Å². The summed E-state index contributed by atoms with van der Waals surface area (Å²) in [5.74, 6) is -1.93. The number of aliphatic carboxylic acids is 1. The van der Waals surface area contributed by atoms with E-state index in [-0.39, 0.29) is 27.9 Å². The number of fused-ring (bicyclic) bond motifs is 1. The Hall–Kier alpha value is -4.58. The summed E-state index contributed by atoms with van der Waals surface area (Å²) in [6.07, 6.45) is 4.29. The van der Waals surface area contributed by atoms with Crippen molar-refractivity contribution < 1.29 is 32.2 Å². The van der Waals surface area contributed by atoms with Gasteiger partial charge in [-0.1, -0.05) is 41.9 Å². The van der Waals surface area contributed by atoms with E-state index in [0.29, 0.717) is 34.0 Å². The molecule has 5 aromatic rings. The van der Waals surface area contributed by atoms with Crippen LogP contribution in [0.3, 0.4) is 0 Å². The van der Waals surface area contributed by atoms with Crippen molar-refractivity contribution in [3.05, 3.63) is 117 Å². The summed E-state index contributed by atoms with van der Waals surface area (Å²) in [6.45, 7) is -0.607. The quantitative estimate of drug-likeness (QED) is 0.143. The first-order valence-electron chi connectivity index (χ1n) is 13.7. The monoisotopic (exact) mass is 664 g/mol. The van der Waals surface area contributed by atoms with Gasteiger partial charge in [-0.25, -0.2) is 22.6 Å². The molecule has 0 radical (unpaired) electrons. The zero-order chi connectivity index (χ0) is 32.0. The largest absolute Gasteiger partial charge is 0.480 e. The van der Waals surface area contributed by atoms with Crippen molar-refractivity contribution in [2.75, 3.05) is 17.7 Å². The summed E-state index contributed by atoms with van der Waals surface area (Å²) in [7, 11) is -3.51. The van der Waals surface area contributed by atoms with Crippen molar-refractivity contribution >= 4 is 72.7 Å². The molecule has 230 valence electrons. The van der Waals surface area contributed by atoms with Crippen LogP contribution in [-0.2, 0) is 21.1 Å². The van der Waals surface area contributed by atoms with Crippen molar-refractivity contribution in [2.24, 2.45) is 0 Å². The molecule has 1 amide bonds. The van der Waals surface area contributed by atoms with Gasteiger partial charge in [0.25, 0.3) is 5.91 Å². The van der Waals surface area contributed by atoms with Gasteiger partial charge in [-0.05, 0) is 90.7 Å². The Morgan fingerprint density at radius 1 is 1.00 bits per heavy atom. The normalized spacial score (nSPS) is 11.6. The van der Waals surface area contributed by atoms with E-state index >= 15 is 0 Å². The molecule has 0 fully saturated rings. The minimum atomic E-state index is -3.51. The Kier molecular flexibility index (Phi) is 9.92. The second kappa shape index (κ2) is 14.0. The fourth-order valence-corrected chi connectivity index (χ4v) is 6.75. The lowest BCUT2D eigenvalue weighted by molar-refractivity contribution is -0.139. The maximum absolute atomic E-state index is 14.0. The van der Waals surface area contributed by atoms with Gasteiger partial charge >= 0.3 is 5.97 Å². The van der Waals surface area contributed by atoms with Crippen LogP contribution in [0.1, 0.15) is 32.9 Å². The molecule has 8 nitrogen and oxygen atoms in total. The van der Waals surface area contributed by atoms with E-state index in [4.69, 9.17) is 21.4 Å². The van der Waals surface area contributed by atoms with Crippen LogP contribution in [0.2, 0.25) is 5.02 Å². The highest BCUT2D eigenvalue weighted by Crippen LogP contribution is 2.28. The third-order valence-electron chi connectivity index (χ3n) is 6.67. The van der Waals surface area contributed by atoms with Gasteiger partial charge in [0.1, 0.15) is 22.1 Å². The summed E-state index contributed by atoms with van der Waals surface area (Å²) in [5.41, 5.74) is 2.46. The molecule has 5 rings (SSSR count). The molecular weight excluding hydrogens is 639 g/mol. The number of sulfone groups is 1. The van der Waals surface area contributed by atoms with Gasteiger partial charge in [0.15, 0.2) is 16.4 Å². The molecule has 0 aliphatic heterocycles. The molecular formula is C33H26ClFN2O6S2. The Morgan fingerprint density at radius 2 is 1.76 bits per heavy atom. The lowest BCUT2D eigenvalue weighted by Crippen LogP contribution is -2.15. The summed E-state index contributed by atoms with van der Waals surface area (Å²) >= 11 is 7.23. The van der Waals surface area contributed by atoms with Crippen molar-refractivity contribution in [2.45, 2.75) is 17.7 Å². The SMILES string of the molecule is O=C(O)COc1ccc(CCCS(=O)(=O)c2ccc(Cl)cc2)cc1NC(=O)c1ccc(/C=C/c2nc3c(F)cccc3s2)cc1. The van der Waals surface area contributed by atoms with E-state index in [1.165, 1.54) is 41.7 Å². The molecule has 12 heteroatoms. The van der Waals surface area contributed by atoms with Gasteiger partial charge in [0.2, 0.25) is 0 Å². The number of carbonyl (C=O) groups excluding carboxylic acids is 1. The minimum Gasteiger partial charge on any atom is -0.480 e. The Bertz CT molecular complexity index is 1990. The summed E-state index contributed by atoms with van der Waals surface area (Å²) in [6, 6.07) is 22.4. The molecule has 1 aromatic heterocycles. The number of carboxylic acids is 1. The van der Waals surface area contributed by atoms with Gasteiger partial charge in [0.05, 0.1) is 21.0 Å². The number of aryl methyl sites for hydroxylation is 1. The van der Waals surface area contributed by atoms with E-state index in [0.717, 1.165) is 15.8 Å². The molecule has 0 aliphatic carbocycles. The zero-order valence-electron chi connectivity index (χ0n) is 23.6. The molecule has 2 N–H and O–H groups in total. The molecule has 0 atom stereocenters. The summed E-state index contributed by atoms with van der Waals surface area (Å²) in [4.78, 5) is 28.7.